The first-order valence-corrected chi connectivity index (χ1v) is 8.78. The molecule has 0 fully saturated rings. The molecule has 5 heteroatoms. The van der Waals surface area contributed by atoms with Crippen LogP contribution in [0.5, 0.6) is 5.75 Å². The van der Waals surface area contributed by atoms with E-state index in [-0.39, 0.29) is 11.5 Å². The van der Waals surface area contributed by atoms with E-state index in [1.54, 1.807) is 42.5 Å². The van der Waals surface area contributed by atoms with Gasteiger partial charge in [-0.15, -0.1) is 0 Å². The zero-order chi connectivity index (χ0) is 19.5. The minimum Gasteiger partial charge on any atom is -0.489 e. The van der Waals surface area contributed by atoms with E-state index in [0.717, 1.165) is 18.4 Å². The maximum Gasteiger partial charge on any atom is 0.261 e. The number of unbranched alkanes of at least 4 members (excludes halogenated alkanes) is 1. The van der Waals surface area contributed by atoms with E-state index in [1.165, 1.54) is 0 Å². The zero-order valence-electron chi connectivity index (χ0n) is 15.2. The van der Waals surface area contributed by atoms with Crippen LogP contribution in [-0.4, -0.2) is 12.5 Å². The monoisotopic (exact) mass is 359 g/mol. The zero-order valence-corrected chi connectivity index (χ0v) is 15.2. The minimum absolute atomic E-state index is 0.0602. The summed E-state index contributed by atoms with van der Waals surface area (Å²) in [5.41, 5.74) is 2.24. The van der Waals surface area contributed by atoms with Crippen LogP contribution in [0.4, 0.5) is 0 Å². The third-order valence-electron chi connectivity index (χ3n) is 3.81. The molecule has 0 heterocycles. The molecule has 0 aliphatic carbocycles. The Morgan fingerprint density at radius 1 is 1.19 bits per heavy atom. The van der Waals surface area contributed by atoms with Gasteiger partial charge in [0.05, 0.1) is 11.6 Å². The van der Waals surface area contributed by atoms with E-state index in [4.69, 9.17) is 10.00 Å². The highest BCUT2D eigenvalue weighted by Gasteiger charge is 2.08. The molecular formula is C22H21N3O2. The van der Waals surface area contributed by atoms with E-state index in [0.29, 0.717) is 30.0 Å². The Kier molecular flexibility index (Phi) is 7.63. The van der Waals surface area contributed by atoms with Crippen LogP contribution in [0.25, 0.3) is 6.08 Å². The number of carbonyl (C=O) groups is 1. The number of hydrogen-bond donors (Lipinski definition) is 1. The highest BCUT2D eigenvalue weighted by molar-refractivity contribution is 6.01. The minimum atomic E-state index is -0.370. The Bertz CT molecular complexity index is 904. The van der Waals surface area contributed by atoms with E-state index < -0.39 is 0 Å². The number of nitrogens with zero attached hydrogens (tertiary/aromatic N) is 2. The maximum atomic E-state index is 12.1. The van der Waals surface area contributed by atoms with Crippen molar-refractivity contribution in [1.82, 2.24) is 5.32 Å². The summed E-state index contributed by atoms with van der Waals surface area (Å²) < 4.78 is 5.77. The van der Waals surface area contributed by atoms with Crippen molar-refractivity contribution in [2.24, 2.45) is 0 Å². The van der Waals surface area contributed by atoms with Gasteiger partial charge in [-0.05, 0) is 47.9 Å². The lowest BCUT2D eigenvalue weighted by atomic mass is 10.1. The molecule has 0 aromatic heterocycles. The summed E-state index contributed by atoms with van der Waals surface area (Å²) in [7, 11) is 0. The quantitative estimate of drug-likeness (QED) is 0.439. The van der Waals surface area contributed by atoms with Crippen molar-refractivity contribution >= 4 is 12.0 Å². The topological polar surface area (TPSA) is 85.9 Å². The van der Waals surface area contributed by atoms with Gasteiger partial charge in [0, 0.05) is 6.54 Å². The molecule has 0 aliphatic heterocycles. The van der Waals surface area contributed by atoms with Crippen molar-refractivity contribution in [2.45, 2.75) is 26.4 Å². The van der Waals surface area contributed by atoms with Gasteiger partial charge < -0.3 is 10.1 Å². The Labute approximate surface area is 159 Å². The predicted octanol–water partition coefficient (Wildman–Crippen LogP) is 3.96. The smallest absolute Gasteiger partial charge is 0.261 e. The molecule has 0 unspecified atom stereocenters. The van der Waals surface area contributed by atoms with Crippen molar-refractivity contribution < 1.29 is 9.53 Å². The second kappa shape index (κ2) is 10.4. The molecule has 0 atom stereocenters. The molecule has 2 aromatic rings. The second-order valence-electron chi connectivity index (χ2n) is 5.95. The Hall–Kier alpha value is -3.57. The lowest BCUT2D eigenvalue weighted by Crippen LogP contribution is -2.25. The second-order valence-corrected chi connectivity index (χ2v) is 5.95. The van der Waals surface area contributed by atoms with E-state index in [1.807, 2.05) is 25.1 Å². The van der Waals surface area contributed by atoms with Crippen molar-refractivity contribution in [3.05, 3.63) is 70.8 Å². The largest absolute Gasteiger partial charge is 0.489 e. The Balaban J connectivity index is 2.06. The van der Waals surface area contributed by atoms with Crippen LogP contribution in [0.15, 0.2) is 54.1 Å². The Morgan fingerprint density at radius 2 is 2.00 bits per heavy atom. The summed E-state index contributed by atoms with van der Waals surface area (Å²) in [6, 6.07) is 18.4. The third kappa shape index (κ3) is 6.34. The molecule has 1 amide bonds. The summed E-state index contributed by atoms with van der Waals surface area (Å²) >= 11 is 0. The summed E-state index contributed by atoms with van der Waals surface area (Å²) in [6.07, 6.45) is 3.40. The van der Waals surface area contributed by atoms with Crippen molar-refractivity contribution in [3.8, 4) is 17.9 Å². The van der Waals surface area contributed by atoms with Gasteiger partial charge in [-0.2, -0.15) is 10.5 Å². The molecule has 136 valence electrons. The number of amides is 1. The molecule has 0 radical (unpaired) electrons. The lowest BCUT2D eigenvalue weighted by Gasteiger charge is -2.08. The maximum absolute atomic E-state index is 12.1. The lowest BCUT2D eigenvalue weighted by molar-refractivity contribution is -0.117. The van der Waals surface area contributed by atoms with Crippen LogP contribution in [0, 0.1) is 22.7 Å². The summed E-state index contributed by atoms with van der Waals surface area (Å²) in [5, 5.41) is 20.9. The highest BCUT2D eigenvalue weighted by atomic mass is 16.5. The van der Waals surface area contributed by atoms with Gasteiger partial charge in [-0.1, -0.05) is 37.6 Å². The first kappa shape index (κ1) is 19.8. The molecular weight excluding hydrogens is 338 g/mol. The summed E-state index contributed by atoms with van der Waals surface area (Å²) in [6.45, 7) is 2.92. The molecule has 0 saturated heterocycles. The number of hydrogen-bond acceptors (Lipinski definition) is 4. The van der Waals surface area contributed by atoms with E-state index in [2.05, 4.69) is 11.4 Å². The van der Waals surface area contributed by atoms with Crippen molar-refractivity contribution in [1.29, 1.82) is 10.5 Å². The van der Waals surface area contributed by atoms with Crippen LogP contribution in [0.3, 0.4) is 0 Å². The fourth-order valence-corrected chi connectivity index (χ4v) is 2.38. The van der Waals surface area contributed by atoms with Crippen LogP contribution >= 0.6 is 0 Å². The average Bonchev–Trinajstić information content (AvgIpc) is 2.71. The predicted molar refractivity (Wildman–Crippen MR) is 103 cm³/mol. The fraction of sp³-hybridized carbons (Fsp3) is 0.227. The molecule has 0 bridgehead atoms. The highest BCUT2D eigenvalue weighted by Crippen LogP contribution is 2.18. The standard InChI is InChI=1S/C22H21N3O2/c1-2-3-10-25-22(26)20(15-24)12-17-6-5-9-21(13-17)27-16-19-8-4-7-18(11-19)14-23/h4-9,11-13H,2-3,10,16H2,1H3,(H,25,26)/b20-12+. The molecule has 5 nitrogen and oxygen atoms in total. The normalized spacial score (nSPS) is 10.6. The number of ether oxygens (including phenoxy) is 1. The molecule has 27 heavy (non-hydrogen) atoms. The van der Waals surface area contributed by atoms with Gasteiger partial charge in [0.2, 0.25) is 0 Å². The van der Waals surface area contributed by atoms with Gasteiger partial charge in [0.25, 0.3) is 5.91 Å². The van der Waals surface area contributed by atoms with Gasteiger partial charge in [0.1, 0.15) is 24.0 Å². The average molecular weight is 359 g/mol. The molecule has 1 N–H and O–H groups in total. The SMILES string of the molecule is CCCCNC(=O)/C(C#N)=C/c1cccc(OCc2cccc(C#N)c2)c1. The summed E-state index contributed by atoms with van der Waals surface area (Å²) in [5.74, 6) is 0.250. The number of benzene rings is 2. The van der Waals surface area contributed by atoms with Crippen LogP contribution in [0.1, 0.15) is 36.5 Å². The fourth-order valence-electron chi connectivity index (χ4n) is 2.38. The Morgan fingerprint density at radius 3 is 2.74 bits per heavy atom. The first-order valence-electron chi connectivity index (χ1n) is 8.78. The molecule has 2 aromatic carbocycles. The van der Waals surface area contributed by atoms with Crippen molar-refractivity contribution in [2.75, 3.05) is 6.54 Å². The number of nitriles is 2. The summed E-state index contributed by atoms with van der Waals surface area (Å²) in [4.78, 5) is 12.1. The van der Waals surface area contributed by atoms with Crippen LogP contribution in [-0.2, 0) is 11.4 Å². The van der Waals surface area contributed by atoms with Crippen LogP contribution < -0.4 is 10.1 Å². The van der Waals surface area contributed by atoms with Crippen LogP contribution in [0.2, 0.25) is 0 Å². The molecule has 0 spiro atoms. The van der Waals surface area contributed by atoms with Gasteiger partial charge in [-0.3, -0.25) is 4.79 Å². The molecule has 0 aliphatic rings. The molecule has 0 saturated carbocycles. The van der Waals surface area contributed by atoms with Gasteiger partial charge in [0.15, 0.2) is 0 Å². The van der Waals surface area contributed by atoms with Gasteiger partial charge in [-0.25, -0.2) is 0 Å². The van der Waals surface area contributed by atoms with Gasteiger partial charge >= 0.3 is 0 Å². The number of carbonyl (C=O) groups excluding carboxylic acids is 1. The first-order chi connectivity index (χ1) is 13.2. The molecule has 2 rings (SSSR count). The third-order valence-corrected chi connectivity index (χ3v) is 3.81. The van der Waals surface area contributed by atoms with E-state index >= 15 is 0 Å². The number of rotatable bonds is 8. The number of nitrogens with one attached hydrogen (secondary N) is 1. The van der Waals surface area contributed by atoms with E-state index in [9.17, 15) is 10.1 Å². The van der Waals surface area contributed by atoms with Crippen molar-refractivity contribution in [3.63, 3.8) is 0 Å².